The fraction of sp³-hybridized carbons (Fsp3) is 0.0417. The third-order valence-electron chi connectivity index (χ3n) is 4.23. The molecule has 0 aliphatic heterocycles. The number of rotatable bonds is 7. The average Bonchev–Trinajstić information content (AvgIpc) is 2.80. The molecule has 6 nitrogen and oxygen atoms in total. The molecule has 2 amide bonds. The number of nitriles is 1. The molecule has 0 fully saturated rings. The van der Waals surface area contributed by atoms with Crippen LogP contribution >= 0.6 is 39.1 Å². The summed E-state index contributed by atoms with van der Waals surface area (Å²) in [6.45, 7) is -0.166. The Morgan fingerprint density at radius 2 is 1.61 bits per heavy atom. The van der Waals surface area contributed by atoms with Gasteiger partial charge in [0.25, 0.3) is 11.8 Å². The van der Waals surface area contributed by atoms with Crippen molar-refractivity contribution in [3.05, 3.63) is 92.4 Å². The molecule has 2 N–H and O–H groups in total. The van der Waals surface area contributed by atoms with Crippen molar-refractivity contribution in [2.45, 2.75) is 0 Å². The minimum absolute atomic E-state index is 0.0939. The number of anilines is 2. The van der Waals surface area contributed by atoms with Gasteiger partial charge in [-0.05, 0) is 66.2 Å². The van der Waals surface area contributed by atoms with Crippen molar-refractivity contribution in [3.8, 4) is 11.8 Å². The average molecular weight is 545 g/mol. The molecule has 166 valence electrons. The minimum atomic E-state index is -0.583. The van der Waals surface area contributed by atoms with Crippen LogP contribution in [0.4, 0.5) is 11.4 Å². The molecule has 0 aliphatic rings. The Kier molecular flexibility index (Phi) is 8.50. The molecule has 3 aromatic rings. The smallest absolute Gasteiger partial charge is 0.266 e. The van der Waals surface area contributed by atoms with Gasteiger partial charge in [0.2, 0.25) is 0 Å². The summed E-state index contributed by atoms with van der Waals surface area (Å²) in [6.07, 6.45) is 1.44. The Bertz CT molecular complexity index is 1240. The van der Waals surface area contributed by atoms with Crippen molar-refractivity contribution in [2.75, 3.05) is 17.2 Å². The van der Waals surface area contributed by atoms with Crippen LogP contribution in [0.25, 0.3) is 6.08 Å². The Morgan fingerprint density at radius 1 is 0.939 bits per heavy atom. The Balaban J connectivity index is 1.57. The van der Waals surface area contributed by atoms with Gasteiger partial charge in [0.15, 0.2) is 6.61 Å². The molecule has 0 bridgehead atoms. The van der Waals surface area contributed by atoms with Gasteiger partial charge in [0, 0.05) is 15.8 Å². The van der Waals surface area contributed by atoms with Crippen LogP contribution in [-0.2, 0) is 9.59 Å². The fourth-order valence-corrected chi connectivity index (χ4v) is 3.19. The third kappa shape index (κ3) is 7.36. The number of halogens is 3. The van der Waals surface area contributed by atoms with Gasteiger partial charge in [-0.25, -0.2) is 0 Å². The van der Waals surface area contributed by atoms with Gasteiger partial charge in [-0.2, -0.15) is 5.26 Å². The number of nitrogens with zero attached hydrogens (tertiary/aromatic N) is 1. The maximum Gasteiger partial charge on any atom is 0.266 e. The maximum atomic E-state index is 12.4. The molecule has 0 aromatic heterocycles. The highest BCUT2D eigenvalue weighted by molar-refractivity contribution is 9.10. The first-order valence-electron chi connectivity index (χ1n) is 9.50. The molecule has 3 rings (SSSR count). The van der Waals surface area contributed by atoms with Crippen LogP contribution in [0.2, 0.25) is 10.0 Å². The lowest BCUT2D eigenvalue weighted by atomic mass is 10.1. The highest BCUT2D eigenvalue weighted by atomic mass is 79.9. The number of carbonyl (C=O) groups is 2. The Labute approximate surface area is 208 Å². The van der Waals surface area contributed by atoms with Crippen LogP contribution in [0.5, 0.6) is 5.75 Å². The van der Waals surface area contributed by atoms with E-state index in [4.69, 9.17) is 27.9 Å². The van der Waals surface area contributed by atoms with Gasteiger partial charge >= 0.3 is 0 Å². The van der Waals surface area contributed by atoms with Gasteiger partial charge in [-0.1, -0.05) is 51.3 Å². The highest BCUT2D eigenvalue weighted by Crippen LogP contribution is 2.25. The number of carbonyl (C=O) groups excluding carboxylic acids is 2. The number of hydrogen-bond donors (Lipinski definition) is 2. The zero-order chi connectivity index (χ0) is 23.8. The normalized spacial score (nSPS) is 10.8. The van der Waals surface area contributed by atoms with E-state index in [1.165, 1.54) is 12.1 Å². The molecule has 3 aromatic carbocycles. The number of amides is 2. The van der Waals surface area contributed by atoms with E-state index in [0.29, 0.717) is 27.7 Å². The van der Waals surface area contributed by atoms with Gasteiger partial charge in [0.1, 0.15) is 17.4 Å². The van der Waals surface area contributed by atoms with Gasteiger partial charge < -0.3 is 15.4 Å². The standard InChI is InChI=1S/C24H16BrCl2N3O3/c25-17-3-5-18(6-4-17)29-23(31)14-33-20-8-1-15(2-9-20)11-16(13-28)24(32)30-19-7-10-21(26)22(27)12-19/h1-12H,14H2,(H,29,31)(H,30,32)/b16-11-. The summed E-state index contributed by atoms with van der Waals surface area (Å²) < 4.78 is 6.40. The first-order valence-corrected chi connectivity index (χ1v) is 11.1. The first kappa shape index (κ1) is 24.3. The Hall–Kier alpha value is -3.31. The summed E-state index contributed by atoms with van der Waals surface area (Å²) >= 11 is 15.1. The van der Waals surface area contributed by atoms with Crippen LogP contribution in [-0.4, -0.2) is 18.4 Å². The SMILES string of the molecule is N#C/C(=C/c1ccc(OCC(=O)Nc2ccc(Br)cc2)cc1)C(=O)Nc1ccc(Cl)c(Cl)c1. The summed E-state index contributed by atoms with van der Waals surface area (Å²) in [5.74, 6) is -0.412. The Morgan fingerprint density at radius 3 is 2.24 bits per heavy atom. The molecule has 0 spiro atoms. The zero-order valence-electron chi connectivity index (χ0n) is 16.9. The lowest BCUT2D eigenvalue weighted by molar-refractivity contribution is -0.118. The summed E-state index contributed by atoms with van der Waals surface area (Å²) in [4.78, 5) is 24.4. The van der Waals surface area contributed by atoms with E-state index in [-0.39, 0.29) is 23.1 Å². The third-order valence-corrected chi connectivity index (χ3v) is 5.50. The molecule has 0 heterocycles. The van der Waals surface area contributed by atoms with E-state index in [2.05, 4.69) is 26.6 Å². The highest BCUT2D eigenvalue weighted by Gasteiger charge is 2.11. The summed E-state index contributed by atoms with van der Waals surface area (Å²) in [5.41, 5.74) is 1.60. The van der Waals surface area contributed by atoms with Crippen LogP contribution in [0, 0.1) is 11.3 Å². The predicted molar refractivity (Wildman–Crippen MR) is 133 cm³/mol. The van der Waals surface area contributed by atoms with Crippen LogP contribution in [0.15, 0.2) is 76.8 Å². The quantitative estimate of drug-likeness (QED) is 0.269. The van der Waals surface area contributed by atoms with Crippen LogP contribution in [0.1, 0.15) is 5.56 Å². The fourth-order valence-electron chi connectivity index (χ4n) is 2.63. The largest absolute Gasteiger partial charge is 0.484 e. The van der Waals surface area contributed by atoms with Crippen LogP contribution in [0.3, 0.4) is 0 Å². The van der Waals surface area contributed by atoms with E-state index in [9.17, 15) is 14.9 Å². The van der Waals surface area contributed by atoms with Crippen molar-refractivity contribution in [1.82, 2.24) is 0 Å². The van der Waals surface area contributed by atoms with Crippen molar-refractivity contribution in [3.63, 3.8) is 0 Å². The molecule has 0 unspecified atom stereocenters. The predicted octanol–water partition coefficient (Wildman–Crippen LogP) is 6.32. The number of hydrogen-bond acceptors (Lipinski definition) is 4. The number of ether oxygens (including phenoxy) is 1. The molecule has 0 aliphatic carbocycles. The van der Waals surface area contributed by atoms with E-state index >= 15 is 0 Å². The molecular weight excluding hydrogens is 529 g/mol. The summed E-state index contributed by atoms with van der Waals surface area (Å²) in [6, 6.07) is 20.3. The molecule has 9 heteroatoms. The second-order valence-corrected chi connectivity index (χ2v) is 8.40. The maximum absolute atomic E-state index is 12.4. The monoisotopic (exact) mass is 543 g/mol. The van der Waals surface area contributed by atoms with Crippen LogP contribution < -0.4 is 15.4 Å². The number of benzene rings is 3. The molecule has 0 radical (unpaired) electrons. The van der Waals surface area contributed by atoms with Crippen molar-refractivity contribution in [2.24, 2.45) is 0 Å². The molecule has 0 atom stereocenters. The van der Waals surface area contributed by atoms with E-state index in [1.807, 2.05) is 18.2 Å². The van der Waals surface area contributed by atoms with E-state index < -0.39 is 5.91 Å². The van der Waals surface area contributed by atoms with Gasteiger partial charge in [-0.3, -0.25) is 9.59 Å². The second-order valence-electron chi connectivity index (χ2n) is 6.67. The first-order chi connectivity index (χ1) is 15.8. The van der Waals surface area contributed by atoms with Gasteiger partial charge in [-0.15, -0.1) is 0 Å². The van der Waals surface area contributed by atoms with Crippen molar-refractivity contribution >= 4 is 68.4 Å². The summed E-state index contributed by atoms with van der Waals surface area (Å²) in [5, 5.41) is 15.4. The molecule has 0 saturated heterocycles. The zero-order valence-corrected chi connectivity index (χ0v) is 20.0. The lowest BCUT2D eigenvalue weighted by Crippen LogP contribution is -2.20. The molecular formula is C24H16BrCl2N3O3. The van der Waals surface area contributed by atoms with E-state index in [1.54, 1.807) is 48.5 Å². The molecule has 0 saturated carbocycles. The number of nitrogens with one attached hydrogen (secondary N) is 2. The minimum Gasteiger partial charge on any atom is -0.484 e. The van der Waals surface area contributed by atoms with Crippen molar-refractivity contribution in [1.29, 1.82) is 5.26 Å². The van der Waals surface area contributed by atoms with Crippen molar-refractivity contribution < 1.29 is 14.3 Å². The summed E-state index contributed by atoms with van der Waals surface area (Å²) in [7, 11) is 0. The van der Waals surface area contributed by atoms with E-state index in [0.717, 1.165) is 4.47 Å². The second kappa shape index (κ2) is 11.5. The topological polar surface area (TPSA) is 91.2 Å². The molecule has 33 heavy (non-hydrogen) atoms. The van der Waals surface area contributed by atoms with Gasteiger partial charge in [0.05, 0.1) is 10.0 Å². The lowest BCUT2D eigenvalue weighted by Gasteiger charge is -2.08.